The molecule has 2 fully saturated rings. The van der Waals surface area contributed by atoms with Gasteiger partial charge in [-0.25, -0.2) is 5.01 Å². The summed E-state index contributed by atoms with van der Waals surface area (Å²) >= 11 is 0. The number of nitrogens with one attached hydrogen (secondary N) is 2. The Kier molecular flexibility index (Phi) is 3.40. The molecule has 2 heterocycles. The van der Waals surface area contributed by atoms with Gasteiger partial charge in [0.15, 0.2) is 0 Å². The van der Waals surface area contributed by atoms with Crippen molar-refractivity contribution < 1.29 is 9.59 Å². The molecule has 2 aliphatic rings. The van der Waals surface area contributed by atoms with Gasteiger partial charge in [-0.1, -0.05) is 0 Å². The molecular formula is C10H18N4O2. The van der Waals surface area contributed by atoms with Crippen molar-refractivity contribution in [3.8, 4) is 0 Å². The maximum Gasteiger partial charge on any atom is 0.251 e. The third-order valence-electron chi connectivity index (χ3n) is 3.21. The molecule has 0 aromatic rings. The summed E-state index contributed by atoms with van der Waals surface area (Å²) in [6.45, 7) is 1.59. The van der Waals surface area contributed by atoms with Gasteiger partial charge in [-0.3, -0.25) is 15.0 Å². The normalized spacial score (nSPS) is 30.5. The summed E-state index contributed by atoms with van der Waals surface area (Å²) in [5.74, 6) is -0.414. The maximum atomic E-state index is 11.8. The van der Waals surface area contributed by atoms with Crippen LogP contribution >= 0.6 is 0 Å². The van der Waals surface area contributed by atoms with Gasteiger partial charge in [-0.15, -0.1) is 0 Å². The largest absolute Gasteiger partial charge is 0.368 e. The van der Waals surface area contributed by atoms with Crippen LogP contribution in [0.3, 0.4) is 0 Å². The van der Waals surface area contributed by atoms with Crippen LogP contribution < -0.4 is 16.5 Å². The van der Waals surface area contributed by atoms with Crippen molar-refractivity contribution in [2.75, 3.05) is 13.1 Å². The molecule has 6 heteroatoms. The van der Waals surface area contributed by atoms with E-state index in [0.29, 0.717) is 6.54 Å². The lowest BCUT2D eigenvalue weighted by Gasteiger charge is -2.24. The lowest BCUT2D eigenvalue weighted by atomic mass is 10.2. The Morgan fingerprint density at radius 2 is 2.12 bits per heavy atom. The highest BCUT2D eigenvalue weighted by atomic mass is 16.2. The Morgan fingerprint density at radius 1 is 1.31 bits per heavy atom. The van der Waals surface area contributed by atoms with Crippen molar-refractivity contribution in [1.29, 1.82) is 0 Å². The second-order valence-electron chi connectivity index (χ2n) is 4.38. The number of carbonyl (C=O) groups excluding carboxylic acids is 2. The van der Waals surface area contributed by atoms with E-state index in [2.05, 4.69) is 10.7 Å². The fraction of sp³-hybridized carbons (Fsp3) is 0.800. The van der Waals surface area contributed by atoms with Crippen LogP contribution in [-0.4, -0.2) is 42.0 Å². The molecule has 16 heavy (non-hydrogen) atoms. The first kappa shape index (κ1) is 11.3. The minimum Gasteiger partial charge on any atom is -0.368 e. The number of hydrogen-bond donors (Lipinski definition) is 3. The van der Waals surface area contributed by atoms with Gasteiger partial charge in [0.05, 0.1) is 6.04 Å². The van der Waals surface area contributed by atoms with Crippen molar-refractivity contribution in [2.24, 2.45) is 5.73 Å². The third kappa shape index (κ3) is 2.33. The van der Waals surface area contributed by atoms with E-state index in [1.807, 2.05) is 0 Å². The van der Waals surface area contributed by atoms with Crippen molar-refractivity contribution in [1.82, 2.24) is 15.8 Å². The molecule has 0 spiro atoms. The smallest absolute Gasteiger partial charge is 0.251 e. The standard InChI is InChI=1S/C10H18N4O2/c11-9(15)8-4-2-6-14(8)13-10(16)7-3-1-5-12-7/h7-8,12H,1-6H2,(H2,11,15)(H,13,16)/t7-,8-/m0/s1. The maximum absolute atomic E-state index is 11.8. The summed E-state index contributed by atoms with van der Waals surface area (Å²) < 4.78 is 0. The average Bonchev–Trinajstić information content (AvgIpc) is 2.86. The lowest BCUT2D eigenvalue weighted by molar-refractivity contribution is -0.131. The molecule has 4 N–H and O–H groups in total. The molecule has 0 aliphatic carbocycles. The Hall–Kier alpha value is -1.14. The van der Waals surface area contributed by atoms with Gasteiger partial charge in [0.1, 0.15) is 6.04 Å². The molecule has 0 aromatic heterocycles. The van der Waals surface area contributed by atoms with Crippen LogP contribution in [0.5, 0.6) is 0 Å². The summed E-state index contributed by atoms with van der Waals surface area (Å²) in [6.07, 6.45) is 3.51. The molecule has 0 unspecified atom stereocenters. The number of hydrazine groups is 1. The van der Waals surface area contributed by atoms with Gasteiger partial charge < -0.3 is 11.1 Å². The monoisotopic (exact) mass is 226 g/mol. The SMILES string of the molecule is NC(=O)[C@@H]1CCCN1NC(=O)[C@@H]1CCCN1. The quantitative estimate of drug-likeness (QED) is 0.559. The van der Waals surface area contributed by atoms with Crippen LogP contribution in [0.15, 0.2) is 0 Å². The van der Waals surface area contributed by atoms with Gasteiger partial charge >= 0.3 is 0 Å². The summed E-state index contributed by atoms with van der Waals surface area (Å²) in [5.41, 5.74) is 8.05. The van der Waals surface area contributed by atoms with Crippen molar-refractivity contribution in [3.05, 3.63) is 0 Å². The van der Waals surface area contributed by atoms with Crippen LogP contribution in [0.2, 0.25) is 0 Å². The number of primary amides is 1. The summed E-state index contributed by atoms with van der Waals surface area (Å²) in [4.78, 5) is 22.9. The van der Waals surface area contributed by atoms with E-state index in [0.717, 1.165) is 32.2 Å². The van der Waals surface area contributed by atoms with Gasteiger partial charge in [0, 0.05) is 6.54 Å². The van der Waals surface area contributed by atoms with Gasteiger partial charge in [0.25, 0.3) is 5.91 Å². The van der Waals surface area contributed by atoms with Gasteiger partial charge in [-0.2, -0.15) is 0 Å². The van der Waals surface area contributed by atoms with Crippen LogP contribution in [-0.2, 0) is 9.59 Å². The van der Waals surface area contributed by atoms with E-state index < -0.39 is 0 Å². The summed E-state index contributed by atoms with van der Waals surface area (Å²) in [6, 6.07) is -0.459. The van der Waals surface area contributed by atoms with E-state index in [4.69, 9.17) is 5.73 Å². The molecule has 2 rings (SSSR count). The van der Waals surface area contributed by atoms with Crippen molar-refractivity contribution in [3.63, 3.8) is 0 Å². The highest BCUT2D eigenvalue weighted by Gasteiger charge is 2.32. The van der Waals surface area contributed by atoms with Crippen LogP contribution in [0.1, 0.15) is 25.7 Å². The molecule has 0 saturated carbocycles. The number of nitrogens with two attached hydrogens (primary N) is 1. The fourth-order valence-electron chi connectivity index (χ4n) is 2.32. The second kappa shape index (κ2) is 4.80. The zero-order valence-corrected chi connectivity index (χ0v) is 9.24. The molecule has 2 aliphatic heterocycles. The van der Waals surface area contributed by atoms with E-state index >= 15 is 0 Å². The first-order chi connectivity index (χ1) is 7.68. The zero-order valence-electron chi connectivity index (χ0n) is 9.24. The van der Waals surface area contributed by atoms with E-state index in [1.165, 1.54) is 0 Å². The number of nitrogens with zero attached hydrogens (tertiary/aromatic N) is 1. The number of carbonyl (C=O) groups is 2. The van der Waals surface area contributed by atoms with E-state index in [1.54, 1.807) is 5.01 Å². The first-order valence-electron chi connectivity index (χ1n) is 5.78. The van der Waals surface area contributed by atoms with Crippen molar-refractivity contribution in [2.45, 2.75) is 37.8 Å². The summed E-state index contributed by atoms with van der Waals surface area (Å²) in [7, 11) is 0. The first-order valence-corrected chi connectivity index (χ1v) is 5.78. The molecular weight excluding hydrogens is 208 g/mol. The third-order valence-corrected chi connectivity index (χ3v) is 3.21. The van der Waals surface area contributed by atoms with Crippen LogP contribution in [0.25, 0.3) is 0 Å². The summed E-state index contributed by atoms with van der Waals surface area (Å²) in [5, 5.41) is 4.79. The molecule has 0 bridgehead atoms. The van der Waals surface area contributed by atoms with Gasteiger partial charge in [0.2, 0.25) is 5.91 Å². The predicted octanol–water partition coefficient (Wildman–Crippen LogP) is -1.28. The minimum absolute atomic E-state index is 0.0503. The Morgan fingerprint density at radius 3 is 2.75 bits per heavy atom. The fourth-order valence-corrected chi connectivity index (χ4v) is 2.32. The highest BCUT2D eigenvalue weighted by Crippen LogP contribution is 2.14. The Bertz CT molecular complexity index is 289. The van der Waals surface area contributed by atoms with E-state index in [9.17, 15) is 9.59 Å². The number of rotatable bonds is 3. The topological polar surface area (TPSA) is 87.5 Å². The molecule has 2 saturated heterocycles. The Balaban J connectivity index is 1.88. The lowest BCUT2D eigenvalue weighted by Crippen LogP contribution is -2.54. The van der Waals surface area contributed by atoms with Crippen LogP contribution in [0, 0.1) is 0 Å². The minimum atomic E-state index is -0.364. The predicted molar refractivity (Wildman–Crippen MR) is 58.1 cm³/mol. The highest BCUT2D eigenvalue weighted by molar-refractivity contribution is 5.83. The van der Waals surface area contributed by atoms with Crippen LogP contribution in [0.4, 0.5) is 0 Å². The van der Waals surface area contributed by atoms with Gasteiger partial charge in [-0.05, 0) is 32.2 Å². The number of hydrogen-bond acceptors (Lipinski definition) is 4. The molecule has 0 aromatic carbocycles. The number of amides is 2. The molecule has 0 radical (unpaired) electrons. The average molecular weight is 226 g/mol. The molecule has 2 amide bonds. The van der Waals surface area contributed by atoms with E-state index in [-0.39, 0.29) is 23.9 Å². The van der Waals surface area contributed by atoms with Crippen molar-refractivity contribution >= 4 is 11.8 Å². The molecule has 2 atom stereocenters. The Labute approximate surface area is 94.5 Å². The molecule has 6 nitrogen and oxygen atoms in total. The second-order valence-corrected chi connectivity index (χ2v) is 4.38. The zero-order chi connectivity index (χ0) is 11.5. The molecule has 90 valence electrons.